The van der Waals surface area contributed by atoms with E-state index in [1.807, 2.05) is 0 Å². The Morgan fingerprint density at radius 1 is 1.05 bits per heavy atom. The van der Waals surface area contributed by atoms with E-state index in [1.54, 1.807) is 0 Å². The first kappa shape index (κ1) is 14.0. The molecule has 1 aliphatic heterocycles. The van der Waals surface area contributed by atoms with Crippen LogP contribution in [0.15, 0.2) is 36.4 Å². The fraction of sp³-hybridized carbons (Fsp3) is 0.368. The van der Waals surface area contributed by atoms with Gasteiger partial charge in [-0.3, -0.25) is 0 Å². The normalized spacial score (nSPS) is 15.4. The molecule has 0 saturated carbocycles. The molecular weight excluding hydrogens is 258 g/mol. The Morgan fingerprint density at radius 2 is 1.86 bits per heavy atom. The Kier molecular flexibility index (Phi) is 3.40. The Hall–Kier alpha value is -1.96. The summed E-state index contributed by atoms with van der Waals surface area (Å²) in [5.41, 5.74) is 6.38. The van der Waals surface area contributed by atoms with E-state index in [4.69, 9.17) is 4.74 Å². The monoisotopic (exact) mass is 281 g/mol. The summed E-state index contributed by atoms with van der Waals surface area (Å²) in [7, 11) is 0. The Bertz CT molecular complexity index is 673. The number of benzene rings is 2. The molecule has 2 heteroatoms. The Balaban J connectivity index is 1.71. The van der Waals surface area contributed by atoms with Crippen molar-refractivity contribution in [1.29, 1.82) is 0 Å². The number of anilines is 1. The van der Waals surface area contributed by atoms with E-state index in [1.165, 1.54) is 27.9 Å². The topological polar surface area (TPSA) is 21.3 Å². The van der Waals surface area contributed by atoms with Crippen LogP contribution in [-0.4, -0.2) is 5.60 Å². The fourth-order valence-corrected chi connectivity index (χ4v) is 2.83. The molecule has 3 rings (SSSR count). The van der Waals surface area contributed by atoms with Crippen LogP contribution < -0.4 is 10.1 Å². The lowest BCUT2D eigenvalue weighted by atomic mass is 10.0. The molecule has 1 heterocycles. The number of hydrogen-bond donors (Lipinski definition) is 1. The zero-order valence-electron chi connectivity index (χ0n) is 13.3. The SMILES string of the molecule is Cc1ccc(NCc2ccc3c(c2)CC(C)(C)O3)cc1C. The summed E-state index contributed by atoms with van der Waals surface area (Å²) in [6.45, 7) is 9.41. The van der Waals surface area contributed by atoms with Crippen molar-refractivity contribution in [2.75, 3.05) is 5.32 Å². The molecule has 1 N–H and O–H groups in total. The summed E-state index contributed by atoms with van der Waals surface area (Å²) >= 11 is 0. The lowest BCUT2D eigenvalue weighted by Gasteiger charge is -2.16. The van der Waals surface area contributed by atoms with Gasteiger partial charge in [-0.15, -0.1) is 0 Å². The molecule has 0 aliphatic carbocycles. The average molecular weight is 281 g/mol. The van der Waals surface area contributed by atoms with Gasteiger partial charge in [-0.05, 0) is 68.1 Å². The third kappa shape index (κ3) is 3.05. The third-order valence-corrected chi connectivity index (χ3v) is 4.13. The summed E-state index contributed by atoms with van der Waals surface area (Å²) in [4.78, 5) is 0. The largest absolute Gasteiger partial charge is 0.487 e. The van der Waals surface area contributed by atoms with Crippen molar-refractivity contribution in [3.8, 4) is 5.75 Å². The summed E-state index contributed by atoms with van der Waals surface area (Å²) in [5, 5.41) is 3.50. The van der Waals surface area contributed by atoms with Crippen molar-refractivity contribution in [3.05, 3.63) is 58.7 Å². The van der Waals surface area contributed by atoms with Crippen molar-refractivity contribution in [2.45, 2.75) is 46.3 Å². The van der Waals surface area contributed by atoms with E-state index in [2.05, 4.69) is 69.4 Å². The smallest absolute Gasteiger partial charge is 0.123 e. The van der Waals surface area contributed by atoms with Crippen LogP contribution in [0.3, 0.4) is 0 Å². The predicted octanol–water partition coefficient (Wildman–Crippen LogP) is 4.63. The van der Waals surface area contributed by atoms with Gasteiger partial charge in [0, 0.05) is 18.7 Å². The molecule has 0 fully saturated rings. The highest BCUT2D eigenvalue weighted by atomic mass is 16.5. The van der Waals surface area contributed by atoms with E-state index >= 15 is 0 Å². The maximum absolute atomic E-state index is 5.92. The molecule has 21 heavy (non-hydrogen) atoms. The summed E-state index contributed by atoms with van der Waals surface area (Å²) in [6, 6.07) is 13.0. The Morgan fingerprint density at radius 3 is 2.62 bits per heavy atom. The minimum atomic E-state index is -0.0670. The van der Waals surface area contributed by atoms with Crippen molar-refractivity contribution < 1.29 is 4.74 Å². The van der Waals surface area contributed by atoms with Gasteiger partial charge in [0.2, 0.25) is 0 Å². The highest BCUT2D eigenvalue weighted by Crippen LogP contribution is 2.35. The van der Waals surface area contributed by atoms with Crippen LogP contribution in [0.2, 0.25) is 0 Å². The van der Waals surface area contributed by atoms with Crippen molar-refractivity contribution in [2.24, 2.45) is 0 Å². The number of nitrogens with one attached hydrogen (secondary N) is 1. The van der Waals surface area contributed by atoms with Gasteiger partial charge in [-0.2, -0.15) is 0 Å². The second-order valence-electron chi connectivity index (χ2n) is 6.63. The van der Waals surface area contributed by atoms with Crippen LogP contribution in [0.4, 0.5) is 5.69 Å². The van der Waals surface area contributed by atoms with E-state index in [0.717, 1.165) is 18.7 Å². The van der Waals surface area contributed by atoms with Crippen molar-refractivity contribution >= 4 is 5.69 Å². The molecule has 2 nitrogen and oxygen atoms in total. The van der Waals surface area contributed by atoms with E-state index in [0.29, 0.717) is 0 Å². The molecule has 0 bridgehead atoms. The lowest BCUT2D eigenvalue weighted by molar-refractivity contribution is 0.138. The second kappa shape index (κ2) is 5.10. The Labute approximate surface area is 127 Å². The predicted molar refractivity (Wildman–Crippen MR) is 88.1 cm³/mol. The van der Waals surface area contributed by atoms with Crippen LogP contribution in [0.5, 0.6) is 5.75 Å². The van der Waals surface area contributed by atoms with Gasteiger partial charge in [0.25, 0.3) is 0 Å². The van der Waals surface area contributed by atoms with Crippen molar-refractivity contribution in [3.63, 3.8) is 0 Å². The molecule has 0 aromatic heterocycles. The van der Waals surface area contributed by atoms with Gasteiger partial charge in [-0.25, -0.2) is 0 Å². The third-order valence-electron chi connectivity index (χ3n) is 4.13. The highest BCUT2D eigenvalue weighted by molar-refractivity contribution is 5.49. The summed E-state index contributed by atoms with van der Waals surface area (Å²) in [6.07, 6.45) is 0.986. The molecule has 2 aromatic rings. The molecule has 2 aromatic carbocycles. The molecule has 0 radical (unpaired) electrons. The first-order valence-electron chi connectivity index (χ1n) is 7.55. The molecule has 0 saturated heterocycles. The molecular formula is C19H23NO. The number of fused-ring (bicyclic) bond motifs is 1. The molecule has 1 aliphatic rings. The lowest BCUT2D eigenvalue weighted by Crippen LogP contribution is -2.24. The molecule has 0 spiro atoms. The van der Waals surface area contributed by atoms with Gasteiger partial charge in [0.1, 0.15) is 11.4 Å². The summed E-state index contributed by atoms with van der Waals surface area (Å²) in [5.74, 6) is 1.04. The molecule has 110 valence electrons. The number of ether oxygens (including phenoxy) is 1. The maximum Gasteiger partial charge on any atom is 0.123 e. The minimum absolute atomic E-state index is 0.0670. The zero-order chi connectivity index (χ0) is 15.0. The number of hydrogen-bond acceptors (Lipinski definition) is 2. The van der Waals surface area contributed by atoms with Crippen LogP contribution in [0.1, 0.15) is 36.1 Å². The molecule has 0 unspecified atom stereocenters. The van der Waals surface area contributed by atoms with Crippen LogP contribution in [-0.2, 0) is 13.0 Å². The van der Waals surface area contributed by atoms with E-state index in [-0.39, 0.29) is 5.60 Å². The van der Waals surface area contributed by atoms with Gasteiger partial charge >= 0.3 is 0 Å². The average Bonchev–Trinajstić information content (AvgIpc) is 2.73. The van der Waals surface area contributed by atoms with Crippen LogP contribution in [0.25, 0.3) is 0 Å². The van der Waals surface area contributed by atoms with Gasteiger partial charge in [-0.1, -0.05) is 18.2 Å². The summed E-state index contributed by atoms with van der Waals surface area (Å²) < 4.78 is 5.92. The fourth-order valence-electron chi connectivity index (χ4n) is 2.83. The van der Waals surface area contributed by atoms with Crippen LogP contribution in [0, 0.1) is 13.8 Å². The highest BCUT2D eigenvalue weighted by Gasteiger charge is 2.29. The van der Waals surface area contributed by atoms with Gasteiger partial charge in [0.05, 0.1) is 0 Å². The zero-order valence-corrected chi connectivity index (χ0v) is 13.3. The maximum atomic E-state index is 5.92. The molecule has 0 atom stereocenters. The number of aryl methyl sites for hydroxylation is 2. The quantitative estimate of drug-likeness (QED) is 0.885. The standard InChI is InChI=1S/C19H23NO/c1-13-5-7-17(9-14(13)2)20-12-15-6-8-18-16(10-15)11-19(3,4)21-18/h5-10,20H,11-12H2,1-4H3. The first-order valence-corrected chi connectivity index (χ1v) is 7.55. The van der Waals surface area contributed by atoms with E-state index < -0.39 is 0 Å². The first-order chi connectivity index (χ1) is 9.93. The number of rotatable bonds is 3. The van der Waals surface area contributed by atoms with Gasteiger partial charge < -0.3 is 10.1 Å². The van der Waals surface area contributed by atoms with E-state index in [9.17, 15) is 0 Å². The van der Waals surface area contributed by atoms with Crippen molar-refractivity contribution in [1.82, 2.24) is 0 Å². The minimum Gasteiger partial charge on any atom is -0.487 e. The second-order valence-corrected chi connectivity index (χ2v) is 6.63. The van der Waals surface area contributed by atoms with Gasteiger partial charge in [0.15, 0.2) is 0 Å². The van der Waals surface area contributed by atoms with Crippen LogP contribution >= 0.6 is 0 Å². The molecule has 0 amide bonds.